The molecule has 0 aliphatic heterocycles. The van der Waals surface area contributed by atoms with E-state index in [-0.39, 0.29) is 12.1 Å². The van der Waals surface area contributed by atoms with Gasteiger partial charge in [-0.2, -0.15) is 13.2 Å². The summed E-state index contributed by atoms with van der Waals surface area (Å²) in [6.45, 7) is -0.240. The summed E-state index contributed by atoms with van der Waals surface area (Å²) in [5, 5.41) is 9.82. The van der Waals surface area contributed by atoms with Crippen LogP contribution in [0.5, 0.6) is 0 Å². The molecule has 1 aromatic heterocycles. The van der Waals surface area contributed by atoms with Gasteiger partial charge in [0.2, 0.25) is 0 Å². The van der Waals surface area contributed by atoms with Gasteiger partial charge in [-0.05, 0) is 42.0 Å². The van der Waals surface area contributed by atoms with Gasteiger partial charge in [-0.1, -0.05) is 6.07 Å². The fourth-order valence-electron chi connectivity index (χ4n) is 2.34. The average Bonchev–Trinajstić information content (AvgIpc) is 3.13. The van der Waals surface area contributed by atoms with Crippen molar-refractivity contribution in [3.05, 3.63) is 77.6 Å². The molecule has 26 heavy (non-hydrogen) atoms. The van der Waals surface area contributed by atoms with E-state index in [4.69, 9.17) is 0 Å². The van der Waals surface area contributed by atoms with Crippen LogP contribution < -0.4 is 5.32 Å². The highest BCUT2D eigenvalue weighted by molar-refractivity contribution is 5.94. The largest absolute Gasteiger partial charge is 0.416 e. The fraction of sp³-hybridized carbons (Fsp3) is 0.118. The minimum absolute atomic E-state index is 0.0145. The van der Waals surface area contributed by atoms with E-state index in [1.165, 1.54) is 12.7 Å². The first-order valence-corrected chi connectivity index (χ1v) is 7.43. The number of benzene rings is 2. The Hall–Kier alpha value is -3.23. The van der Waals surface area contributed by atoms with Crippen LogP contribution in [0.1, 0.15) is 21.5 Å². The van der Waals surface area contributed by atoms with E-state index >= 15 is 0 Å². The summed E-state index contributed by atoms with van der Waals surface area (Å²) < 4.78 is 53.2. The van der Waals surface area contributed by atoms with Crippen LogP contribution in [-0.4, -0.2) is 20.7 Å². The molecule has 0 saturated carbocycles. The molecule has 134 valence electrons. The van der Waals surface area contributed by atoms with Crippen molar-refractivity contribution >= 4 is 5.91 Å². The smallest absolute Gasteiger partial charge is 0.348 e. The van der Waals surface area contributed by atoms with Crippen molar-refractivity contribution in [1.29, 1.82) is 0 Å². The number of nitrogens with zero attached hydrogens (tertiary/aromatic N) is 3. The lowest BCUT2D eigenvalue weighted by atomic mass is 10.1. The monoisotopic (exact) mass is 364 g/mol. The Labute approximate surface area is 145 Å². The maximum atomic E-state index is 13.4. The maximum absolute atomic E-state index is 13.4. The second-order valence-corrected chi connectivity index (χ2v) is 5.45. The van der Waals surface area contributed by atoms with Gasteiger partial charge in [-0.15, -0.1) is 10.2 Å². The van der Waals surface area contributed by atoms with Crippen LogP contribution in [0.15, 0.2) is 55.1 Å². The topological polar surface area (TPSA) is 59.8 Å². The molecular formula is C17H12F4N4O. The molecule has 0 aliphatic carbocycles. The van der Waals surface area contributed by atoms with Gasteiger partial charge >= 0.3 is 6.18 Å². The highest BCUT2D eigenvalue weighted by atomic mass is 19.4. The predicted octanol–water partition coefficient (Wildman–Crippen LogP) is 3.36. The Bertz CT molecular complexity index is 923. The Morgan fingerprint density at radius 1 is 1.08 bits per heavy atom. The van der Waals surface area contributed by atoms with Crippen LogP contribution >= 0.6 is 0 Å². The van der Waals surface area contributed by atoms with Gasteiger partial charge < -0.3 is 5.32 Å². The molecule has 9 heteroatoms. The third-order valence-corrected chi connectivity index (χ3v) is 3.56. The van der Waals surface area contributed by atoms with Gasteiger partial charge in [-0.3, -0.25) is 9.36 Å². The number of aromatic nitrogens is 3. The lowest BCUT2D eigenvalue weighted by molar-refractivity contribution is -0.137. The van der Waals surface area contributed by atoms with Crippen molar-refractivity contribution in [3.8, 4) is 5.69 Å². The molecule has 2 aromatic carbocycles. The number of rotatable bonds is 4. The molecule has 0 unspecified atom stereocenters. The van der Waals surface area contributed by atoms with Crippen molar-refractivity contribution in [3.63, 3.8) is 0 Å². The van der Waals surface area contributed by atoms with E-state index in [1.54, 1.807) is 28.8 Å². The summed E-state index contributed by atoms with van der Waals surface area (Å²) in [4.78, 5) is 12.2. The standard InChI is InChI=1S/C17H12F4N4O/c18-14-5-11(4-13(7-14)17(19,20)21)8-22-16(26)12-2-1-3-15(6-12)25-9-23-24-10-25/h1-7,9-10H,8H2,(H,22,26). The van der Waals surface area contributed by atoms with Gasteiger partial charge in [-0.25, -0.2) is 4.39 Å². The summed E-state index contributed by atoms with van der Waals surface area (Å²) in [6.07, 6.45) is -1.74. The lowest BCUT2D eigenvalue weighted by Gasteiger charge is -2.11. The number of hydrogen-bond donors (Lipinski definition) is 1. The van der Waals surface area contributed by atoms with Gasteiger partial charge in [0.15, 0.2) is 0 Å². The molecule has 1 heterocycles. The Balaban J connectivity index is 1.74. The highest BCUT2D eigenvalue weighted by Gasteiger charge is 2.31. The van der Waals surface area contributed by atoms with E-state index in [0.29, 0.717) is 17.3 Å². The first kappa shape index (κ1) is 17.6. The van der Waals surface area contributed by atoms with Crippen LogP contribution in [0.2, 0.25) is 0 Å². The minimum Gasteiger partial charge on any atom is -0.348 e. The van der Waals surface area contributed by atoms with Crippen LogP contribution in [0.4, 0.5) is 17.6 Å². The molecule has 0 fully saturated rings. The zero-order chi connectivity index (χ0) is 18.7. The van der Waals surface area contributed by atoms with Crippen LogP contribution in [0.25, 0.3) is 5.69 Å². The summed E-state index contributed by atoms with van der Waals surface area (Å²) >= 11 is 0. The molecule has 0 atom stereocenters. The normalized spacial score (nSPS) is 11.4. The SMILES string of the molecule is O=C(NCc1cc(F)cc(C(F)(F)F)c1)c1cccc(-n2cnnc2)c1. The summed E-state index contributed by atoms with van der Waals surface area (Å²) in [6, 6.07) is 8.67. The number of carbonyl (C=O) groups excluding carboxylic acids is 1. The predicted molar refractivity (Wildman–Crippen MR) is 83.9 cm³/mol. The Morgan fingerprint density at radius 2 is 1.81 bits per heavy atom. The molecule has 1 N–H and O–H groups in total. The molecule has 1 amide bonds. The number of hydrogen-bond acceptors (Lipinski definition) is 3. The molecule has 0 bridgehead atoms. The van der Waals surface area contributed by atoms with E-state index in [0.717, 1.165) is 12.1 Å². The van der Waals surface area contributed by atoms with Gasteiger partial charge in [0.1, 0.15) is 18.5 Å². The second kappa shape index (κ2) is 6.95. The van der Waals surface area contributed by atoms with Crippen molar-refractivity contribution in [1.82, 2.24) is 20.1 Å². The Morgan fingerprint density at radius 3 is 2.50 bits per heavy atom. The van der Waals surface area contributed by atoms with E-state index in [1.807, 2.05) is 0 Å². The van der Waals surface area contributed by atoms with E-state index in [2.05, 4.69) is 15.5 Å². The number of amides is 1. The second-order valence-electron chi connectivity index (χ2n) is 5.45. The van der Waals surface area contributed by atoms with Gasteiger partial charge in [0, 0.05) is 17.8 Å². The van der Waals surface area contributed by atoms with Gasteiger partial charge in [0.25, 0.3) is 5.91 Å². The quantitative estimate of drug-likeness (QED) is 0.723. The minimum atomic E-state index is -4.66. The zero-order valence-corrected chi connectivity index (χ0v) is 13.2. The number of nitrogens with one attached hydrogen (secondary N) is 1. The molecule has 0 radical (unpaired) electrons. The molecule has 5 nitrogen and oxygen atoms in total. The summed E-state index contributed by atoms with van der Waals surface area (Å²) in [5.41, 5.74) is -0.145. The molecule has 0 saturated heterocycles. The molecule has 3 rings (SSSR count). The number of alkyl halides is 3. The maximum Gasteiger partial charge on any atom is 0.416 e. The molecule has 3 aromatic rings. The van der Waals surface area contributed by atoms with Crippen LogP contribution in [0.3, 0.4) is 0 Å². The van der Waals surface area contributed by atoms with Crippen LogP contribution in [0, 0.1) is 5.82 Å². The third-order valence-electron chi connectivity index (χ3n) is 3.56. The average molecular weight is 364 g/mol. The number of halogens is 4. The van der Waals surface area contributed by atoms with Crippen molar-refractivity contribution < 1.29 is 22.4 Å². The van der Waals surface area contributed by atoms with Crippen LogP contribution in [-0.2, 0) is 12.7 Å². The van der Waals surface area contributed by atoms with E-state index < -0.39 is 23.5 Å². The zero-order valence-electron chi connectivity index (χ0n) is 13.2. The number of carbonyl (C=O) groups is 1. The first-order valence-electron chi connectivity index (χ1n) is 7.43. The Kier molecular flexibility index (Phi) is 4.70. The van der Waals surface area contributed by atoms with Gasteiger partial charge in [0.05, 0.1) is 5.56 Å². The lowest BCUT2D eigenvalue weighted by Crippen LogP contribution is -2.23. The summed E-state index contributed by atoms with van der Waals surface area (Å²) in [7, 11) is 0. The van der Waals surface area contributed by atoms with E-state index in [9.17, 15) is 22.4 Å². The van der Waals surface area contributed by atoms with Crippen molar-refractivity contribution in [2.24, 2.45) is 0 Å². The third kappa shape index (κ3) is 4.05. The summed E-state index contributed by atoms with van der Waals surface area (Å²) in [5.74, 6) is -1.52. The molecule has 0 aliphatic rings. The van der Waals surface area contributed by atoms with Crippen molar-refractivity contribution in [2.45, 2.75) is 12.7 Å². The fourth-order valence-corrected chi connectivity index (χ4v) is 2.34. The van der Waals surface area contributed by atoms with Crippen molar-refractivity contribution in [2.75, 3.05) is 0 Å². The highest BCUT2D eigenvalue weighted by Crippen LogP contribution is 2.30. The molecular weight excluding hydrogens is 352 g/mol. The molecule has 0 spiro atoms. The first-order chi connectivity index (χ1) is 12.3.